The van der Waals surface area contributed by atoms with Gasteiger partial charge in [-0.1, -0.05) is 0 Å². The van der Waals surface area contributed by atoms with Gasteiger partial charge < -0.3 is 10.1 Å². The molecule has 0 atom stereocenters. The van der Waals surface area contributed by atoms with E-state index in [1.54, 1.807) is 7.11 Å². The third kappa shape index (κ3) is 2.07. The molecule has 3 heteroatoms. The first kappa shape index (κ1) is 9.93. The highest BCUT2D eigenvalue weighted by Gasteiger charge is 1.99. The Hall–Kier alpha value is -1.61. The van der Waals surface area contributed by atoms with Crippen molar-refractivity contribution in [2.45, 2.75) is 6.54 Å². The van der Waals surface area contributed by atoms with Crippen molar-refractivity contribution in [2.75, 3.05) is 14.2 Å². The molecule has 0 aliphatic heterocycles. The van der Waals surface area contributed by atoms with E-state index in [9.17, 15) is 0 Å². The zero-order valence-corrected chi connectivity index (χ0v) is 8.95. The fourth-order valence-electron chi connectivity index (χ4n) is 1.57. The minimum atomic E-state index is 0.842. The summed E-state index contributed by atoms with van der Waals surface area (Å²) in [5.74, 6) is 0.844. The Bertz CT molecular complexity index is 468. The number of hydrogen-bond donors (Lipinski definition) is 1. The van der Waals surface area contributed by atoms with Crippen molar-refractivity contribution in [2.24, 2.45) is 0 Å². The molecule has 15 heavy (non-hydrogen) atoms. The van der Waals surface area contributed by atoms with Crippen LogP contribution < -0.4 is 10.1 Å². The molecule has 2 aromatic rings. The van der Waals surface area contributed by atoms with Crippen LogP contribution in [0.25, 0.3) is 10.9 Å². The third-order valence-corrected chi connectivity index (χ3v) is 2.33. The molecule has 0 radical (unpaired) electrons. The summed E-state index contributed by atoms with van der Waals surface area (Å²) in [7, 11) is 3.59. The molecule has 0 saturated heterocycles. The summed E-state index contributed by atoms with van der Waals surface area (Å²) in [6.07, 6.45) is 1.89. The van der Waals surface area contributed by atoms with Crippen LogP contribution >= 0.6 is 0 Å². The first-order valence-electron chi connectivity index (χ1n) is 4.91. The molecule has 0 amide bonds. The van der Waals surface area contributed by atoms with E-state index < -0.39 is 0 Å². The van der Waals surface area contributed by atoms with Crippen molar-refractivity contribution in [1.29, 1.82) is 0 Å². The van der Waals surface area contributed by atoms with Gasteiger partial charge in [0.2, 0.25) is 0 Å². The summed E-state index contributed by atoms with van der Waals surface area (Å²) >= 11 is 0. The first-order valence-corrected chi connectivity index (χ1v) is 4.91. The number of aromatic nitrogens is 1. The van der Waals surface area contributed by atoms with Crippen LogP contribution in [0.2, 0.25) is 0 Å². The largest absolute Gasteiger partial charge is 0.497 e. The number of hydrogen-bond acceptors (Lipinski definition) is 3. The van der Waals surface area contributed by atoms with Gasteiger partial charge in [0.15, 0.2) is 0 Å². The molecule has 0 aliphatic rings. The lowest BCUT2D eigenvalue weighted by atomic mass is 10.1. The van der Waals surface area contributed by atoms with Crippen molar-refractivity contribution in [3.05, 3.63) is 36.0 Å². The van der Waals surface area contributed by atoms with Crippen LogP contribution in [0.4, 0.5) is 0 Å². The second-order valence-electron chi connectivity index (χ2n) is 3.43. The second-order valence-corrected chi connectivity index (χ2v) is 3.43. The number of nitrogens with zero attached hydrogens (tertiary/aromatic N) is 1. The molecule has 2 rings (SSSR count). The van der Waals surface area contributed by atoms with Crippen molar-refractivity contribution in [3.8, 4) is 5.75 Å². The third-order valence-electron chi connectivity index (χ3n) is 2.33. The molecule has 1 heterocycles. The van der Waals surface area contributed by atoms with Crippen LogP contribution in [-0.4, -0.2) is 19.1 Å². The average Bonchev–Trinajstić information content (AvgIpc) is 2.29. The van der Waals surface area contributed by atoms with Crippen molar-refractivity contribution >= 4 is 10.9 Å². The zero-order chi connectivity index (χ0) is 10.7. The van der Waals surface area contributed by atoms with E-state index >= 15 is 0 Å². The van der Waals surface area contributed by atoms with E-state index in [4.69, 9.17) is 4.74 Å². The zero-order valence-electron chi connectivity index (χ0n) is 8.95. The van der Waals surface area contributed by atoms with Gasteiger partial charge in [-0.3, -0.25) is 4.98 Å². The Morgan fingerprint density at radius 3 is 2.93 bits per heavy atom. The normalized spacial score (nSPS) is 10.5. The summed E-state index contributed by atoms with van der Waals surface area (Å²) in [5, 5.41) is 4.25. The molecule has 3 nitrogen and oxygen atoms in total. The number of ether oxygens (including phenoxy) is 1. The number of methoxy groups -OCH3 is 1. The Balaban J connectivity index is 2.45. The second kappa shape index (κ2) is 4.28. The summed E-state index contributed by atoms with van der Waals surface area (Å²) in [4.78, 5) is 4.39. The van der Waals surface area contributed by atoms with Gasteiger partial charge in [0.1, 0.15) is 5.75 Å². The Morgan fingerprint density at radius 1 is 1.33 bits per heavy atom. The van der Waals surface area contributed by atoms with Crippen LogP contribution in [0.5, 0.6) is 5.75 Å². The smallest absolute Gasteiger partial charge is 0.121 e. The number of nitrogens with one attached hydrogen (secondary N) is 1. The molecule has 1 aromatic carbocycles. The van der Waals surface area contributed by atoms with Gasteiger partial charge >= 0.3 is 0 Å². The highest BCUT2D eigenvalue weighted by Crippen LogP contribution is 2.19. The van der Waals surface area contributed by atoms with Crippen molar-refractivity contribution < 1.29 is 4.74 Å². The minimum Gasteiger partial charge on any atom is -0.497 e. The van der Waals surface area contributed by atoms with Gasteiger partial charge in [0.05, 0.1) is 12.6 Å². The molecular formula is C12H14N2O. The van der Waals surface area contributed by atoms with Crippen LogP contribution in [0, 0.1) is 0 Å². The lowest BCUT2D eigenvalue weighted by molar-refractivity contribution is 0.415. The van der Waals surface area contributed by atoms with Gasteiger partial charge in [-0.2, -0.15) is 0 Å². The first-order chi connectivity index (χ1) is 7.33. The number of fused-ring (bicyclic) bond motifs is 1. The molecule has 1 aromatic heterocycles. The summed E-state index contributed by atoms with van der Waals surface area (Å²) in [6, 6.07) is 8.06. The topological polar surface area (TPSA) is 34.2 Å². The maximum atomic E-state index is 5.15. The quantitative estimate of drug-likeness (QED) is 0.826. The fraction of sp³-hybridized carbons (Fsp3) is 0.250. The highest BCUT2D eigenvalue weighted by molar-refractivity contribution is 5.80. The maximum Gasteiger partial charge on any atom is 0.121 e. The van der Waals surface area contributed by atoms with E-state index in [0.29, 0.717) is 0 Å². The molecular weight excluding hydrogens is 188 g/mol. The molecule has 1 N–H and O–H groups in total. The predicted octanol–water partition coefficient (Wildman–Crippen LogP) is 1.96. The van der Waals surface area contributed by atoms with Gasteiger partial charge in [-0.05, 0) is 30.8 Å². The Kier molecular flexibility index (Phi) is 2.83. The summed E-state index contributed by atoms with van der Waals surface area (Å²) in [5.41, 5.74) is 2.16. The summed E-state index contributed by atoms with van der Waals surface area (Å²) in [6.45, 7) is 0.842. The van der Waals surface area contributed by atoms with E-state index in [2.05, 4.69) is 16.4 Å². The molecule has 0 spiro atoms. The number of rotatable bonds is 3. The van der Waals surface area contributed by atoms with E-state index in [1.807, 2.05) is 31.4 Å². The van der Waals surface area contributed by atoms with Crippen molar-refractivity contribution in [3.63, 3.8) is 0 Å². The van der Waals surface area contributed by atoms with Crippen LogP contribution in [-0.2, 0) is 6.54 Å². The minimum absolute atomic E-state index is 0.842. The number of benzene rings is 1. The average molecular weight is 202 g/mol. The monoisotopic (exact) mass is 202 g/mol. The molecule has 0 saturated carbocycles. The lowest BCUT2D eigenvalue weighted by Gasteiger charge is -2.04. The standard InChI is InChI=1S/C12H14N2O/c1-13-7-9-5-10-3-4-11(15-2)6-12(10)14-8-9/h3-6,8,13H,7H2,1-2H3. The van der Waals surface area contributed by atoms with Gasteiger partial charge in [0, 0.05) is 24.2 Å². The van der Waals surface area contributed by atoms with Gasteiger partial charge in [0.25, 0.3) is 0 Å². The lowest BCUT2D eigenvalue weighted by Crippen LogP contribution is -2.05. The van der Waals surface area contributed by atoms with E-state index in [-0.39, 0.29) is 0 Å². The van der Waals surface area contributed by atoms with Crippen LogP contribution in [0.1, 0.15) is 5.56 Å². The van der Waals surface area contributed by atoms with Gasteiger partial charge in [-0.15, -0.1) is 0 Å². The Labute approximate surface area is 89.1 Å². The number of pyridine rings is 1. The van der Waals surface area contributed by atoms with Crippen LogP contribution in [0.15, 0.2) is 30.5 Å². The molecule has 78 valence electrons. The van der Waals surface area contributed by atoms with E-state index in [0.717, 1.165) is 23.2 Å². The molecule has 0 aliphatic carbocycles. The fourth-order valence-corrected chi connectivity index (χ4v) is 1.57. The van der Waals surface area contributed by atoms with Crippen LogP contribution in [0.3, 0.4) is 0 Å². The van der Waals surface area contributed by atoms with E-state index in [1.165, 1.54) is 5.56 Å². The molecule has 0 unspecified atom stereocenters. The summed E-state index contributed by atoms with van der Waals surface area (Å²) < 4.78 is 5.15. The highest BCUT2D eigenvalue weighted by atomic mass is 16.5. The Morgan fingerprint density at radius 2 is 2.20 bits per heavy atom. The molecule has 0 bridgehead atoms. The van der Waals surface area contributed by atoms with Gasteiger partial charge in [-0.25, -0.2) is 0 Å². The predicted molar refractivity (Wildman–Crippen MR) is 61.1 cm³/mol. The molecule has 0 fully saturated rings. The SMILES string of the molecule is CNCc1cnc2cc(OC)ccc2c1. The maximum absolute atomic E-state index is 5.15. The van der Waals surface area contributed by atoms with Crippen molar-refractivity contribution in [1.82, 2.24) is 10.3 Å².